The van der Waals surface area contributed by atoms with Crippen LogP contribution in [0.15, 0.2) is 18.2 Å². The monoisotopic (exact) mass is 251 g/mol. The highest BCUT2D eigenvalue weighted by Crippen LogP contribution is 2.21. The van der Waals surface area contributed by atoms with Gasteiger partial charge in [0.25, 0.3) is 0 Å². The maximum Gasteiger partial charge on any atom is 0.212 e. The van der Waals surface area contributed by atoms with E-state index in [-0.39, 0.29) is 18.4 Å². The van der Waals surface area contributed by atoms with Crippen LogP contribution in [-0.4, -0.2) is 20.2 Å². The van der Waals surface area contributed by atoms with Gasteiger partial charge >= 0.3 is 0 Å². The van der Waals surface area contributed by atoms with Gasteiger partial charge in [0.2, 0.25) is 5.82 Å². The van der Waals surface area contributed by atoms with Crippen LogP contribution in [0.25, 0.3) is 0 Å². The quantitative estimate of drug-likeness (QED) is 0.875. The number of halogens is 1. The first-order valence-corrected chi connectivity index (χ1v) is 5.47. The summed E-state index contributed by atoms with van der Waals surface area (Å²) in [6.07, 6.45) is 0. The van der Waals surface area contributed by atoms with E-state index in [1.807, 2.05) is 0 Å². The molecule has 0 radical (unpaired) electrons. The van der Waals surface area contributed by atoms with Gasteiger partial charge in [0, 0.05) is 6.04 Å². The molecule has 1 unspecified atom stereocenters. The summed E-state index contributed by atoms with van der Waals surface area (Å²) in [6.45, 7) is 1.86. The van der Waals surface area contributed by atoms with E-state index in [0.29, 0.717) is 5.82 Å². The van der Waals surface area contributed by atoms with Crippen molar-refractivity contribution in [3.63, 3.8) is 0 Å². The van der Waals surface area contributed by atoms with Crippen molar-refractivity contribution in [3.05, 3.63) is 35.4 Å². The van der Waals surface area contributed by atoms with Gasteiger partial charge in [0.05, 0.1) is 7.05 Å². The Morgan fingerprint density at radius 3 is 2.83 bits per heavy atom. The average Bonchev–Trinajstić information content (AvgIpc) is 2.73. The minimum atomic E-state index is -0.450. The summed E-state index contributed by atoms with van der Waals surface area (Å²) in [5.41, 5.74) is 6.38. The van der Waals surface area contributed by atoms with E-state index >= 15 is 0 Å². The number of aromatic nitrogens is 4. The van der Waals surface area contributed by atoms with Crippen LogP contribution < -0.4 is 10.5 Å². The molecule has 0 aliphatic rings. The molecule has 0 saturated carbocycles. The van der Waals surface area contributed by atoms with Gasteiger partial charge in [0.15, 0.2) is 18.2 Å². The number of benzene rings is 1. The predicted molar refractivity (Wildman–Crippen MR) is 62.1 cm³/mol. The normalized spacial score (nSPS) is 12.4. The number of hydrogen-bond acceptors (Lipinski definition) is 5. The lowest BCUT2D eigenvalue weighted by atomic mass is 10.1. The second kappa shape index (κ2) is 5.09. The van der Waals surface area contributed by atoms with Gasteiger partial charge < -0.3 is 10.5 Å². The van der Waals surface area contributed by atoms with E-state index in [9.17, 15) is 4.39 Å². The lowest BCUT2D eigenvalue weighted by Crippen LogP contribution is -2.06. The minimum absolute atomic E-state index is 0.0717. The fraction of sp³-hybridized carbons (Fsp3) is 0.364. The Morgan fingerprint density at radius 1 is 1.50 bits per heavy atom. The van der Waals surface area contributed by atoms with Crippen molar-refractivity contribution in [2.45, 2.75) is 19.6 Å². The molecule has 1 atom stereocenters. The van der Waals surface area contributed by atoms with Gasteiger partial charge in [-0.05, 0) is 29.8 Å². The third-order valence-electron chi connectivity index (χ3n) is 2.39. The Balaban J connectivity index is 2.05. The Labute approximate surface area is 104 Å². The van der Waals surface area contributed by atoms with Gasteiger partial charge in [-0.15, -0.1) is 10.2 Å². The van der Waals surface area contributed by atoms with E-state index in [2.05, 4.69) is 15.4 Å². The Bertz CT molecular complexity index is 540. The molecule has 18 heavy (non-hydrogen) atoms. The molecule has 0 saturated heterocycles. The van der Waals surface area contributed by atoms with Gasteiger partial charge in [-0.1, -0.05) is 6.07 Å². The van der Waals surface area contributed by atoms with Gasteiger partial charge in [-0.2, -0.15) is 4.80 Å². The maximum atomic E-state index is 13.7. The molecule has 1 aromatic heterocycles. The predicted octanol–water partition coefficient (Wildman–Crippen LogP) is 0.948. The molecule has 0 bridgehead atoms. The molecule has 2 N–H and O–H groups in total. The number of nitrogens with two attached hydrogens (primary N) is 1. The minimum Gasteiger partial charge on any atom is -0.482 e. The number of tetrazole rings is 1. The lowest BCUT2D eigenvalue weighted by molar-refractivity contribution is 0.280. The number of aryl methyl sites for hydroxylation is 1. The first-order valence-electron chi connectivity index (χ1n) is 5.47. The van der Waals surface area contributed by atoms with Crippen molar-refractivity contribution in [3.8, 4) is 5.75 Å². The topological polar surface area (TPSA) is 78.9 Å². The SMILES string of the molecule is CC(N)c1ccc(OCc2nnn(C)n2)c(F)c1. The zero-order valence-electron chi connectivity index (χ0n) is 10.2. The number of hydrogen-bond donors (Lipinski definition) is 1. The molecular weight excluding hydrogens is 237 g/mol. The smallest absolute Gasteiger partial charge is 0.212 e. The highest BCUT2D eigenvalue weighted by atomic mass is 19.1. The summed E-state index contributed by atoms with van der Waals surface area (Å²) in [7, 11) is 1.65. The van der Waals surface area contributed by atoms with Crippen LogP contribution in [0.3, 0.4) is 0 Å². The summed E-state index contributed by atoms with van der Waals surface area (Å²) in [6, 6.07) is 4.43. The molecule has 1 aromatic carbocycles. The van der Waals surface area contributed by atoms with Crippen LogP contribution in [-0.2, 0) is 13.7 Å². The van der Waals surface area contributed by atoms with Gasteiger partial charge in [0.1, 0.15) is 0 Å². The molecule has 1 heterocycles. The highest BCUT2D eigenvalue weighted by molar-refractivity contribution is 5.30. The molecule has 0 fully saturated rings. The first kappa shape index (κ1) is 12.4. The Hall–Kier alpha value is -2.02. The van der Waals surface area contributed by atoms with E-state index < -0.39 is 5.82 Å². The van der Waals surface area contributed by atoms with Crippen molar-refractivity contribution in [1.29, 1.82) is 0 Å². The third-order valence-corrected chi connectivity index (χ3v) is 2.39. The Morgan fingerprint density at radius 2 is 2.28 bits per heavy atom. The third kappa shape index (κ3) is 2.80. The molecule has 0 aliphatic heterocycles. The molecule has 96 valence electrons. The van der Waals surface area contributed by atoms with Crippen LogP contribution >= 0.6 is 0 Å². The van der Waals surface area contributed by atoms with Crippen LogP contribution in [0.1, 0.15) is 24.4 Å². The Kier molecular flexibility index (Phi) is 3.52. The summed E-state index contributed by atoms with van der Waals surface area (Å²) < 4.78 is 19.0. The van der Waals surface area contributed by atoms with E-state index in [1.54, 1.807) is 26.1 Å². The fourth-order valence-corrected chi connectivity index (χ4v) is 1.44. The van der Waals surface area contributed by atoms with Crippen LogP contribution in [0, 0.1) is 5.82 Å². The average molecular weight is 251 g/mol. The van der Waals surface area contributed by atoms with E-state index in [0.717, 1.165) is 5.56 Å². The summed E-state index contributed by atoms with van der Waals surface area (Å²) >= 11 is 0. The summed E-state index contributed by atoms with van der Waals surface area (Å²) in [4.78, 5) is 1.31. The summed E-state index contributed by atoms with van der Waals surface area (Å²) in [5.74, 6) is 0.0914. The molecule has 6 nitrogen and oxygen atoms in total. The van der Waals surface area contributed by atoms with Crippen LogP contribution in [0.2, 0.25) is 0 Å². The van der Waals surface area contributed by atoms with Crippen molar-refractivity contribution in [2.24, 2.45) is 12.8 Å². The molecule has 2 aromatic rings. The fourth-order valence-electron chi connectivity index (χ4n) is 1.44. The first-order chi connectivity index (χ1) is 8.56. The van der Waals surface area contributed by atoms with Crippen molar-refractivity contribution in [2.75, 3.05) is 0 Å². The zero-order valence-corrected chi connectivity index (χ0v) is 10.2. The zero-order chi connectivity index (χ0) is 13.1. The molecule has 7 heteroatoms. The molecular formula is C11H14FN5O. The highest BCUT2D eigenvalue weighted by Gasteiger charge is 2.09. The van der Waals surface area contributed by atoms with Gasteiger partial charge in [-0.3, -0.25) is 0 Å². The maximum absolute atomic E-state index is 13.7. The van der Waals surface area contributed by atoms with Crippen LogP contribution in [0.5, 0.6) is 5.75 Å². The van der Waals surface area contributed by atoms with Crippen LogP contribution in [0.4, 0.5) is 4.39 Å². The standard InChI is InChI=1S/C11H14FN5O/c1-7(13)8-3-4-10(9(12)5-8)18-6-11-14-16-17(2)15-11/h3-5,7H,6,13H2,1-2H3. The van der Waals surface area contributed by atoms with Gasteiger partial charge in [-0.25, -0.2) is 4.39 Å². The van der Waals surface area contributed by atoms with E-state index in [4.69, 9.17) is 10.5 Å². The van der Waals surface area contributed by atoms with Crippen molar-refractivity contribution >= 4 is 0 Å². The largest absolute Gasteiger partial charge is 0.482 e. The number of ether oxygens (including phenoxy) is 1. The van der Waals surface area contributed by atoms with E-state index in [1.165, 1.54) is 10.9 Å². The van der Waals surface area contributed by atoms with Crippen molar-refractivity contribution < 1.29 is 9.13 Å². The summed E-state index contributed by atoms with van der Waals surface area (Å²) in [5, 5.41) is 11.3. The molecule has 0 amide bonds. The number of rotatable bonds is 4. The molecule has 0 aliphatic carbocycles. The second-order valence-electron chi connectivity index (χ2n) is 3.96. The lowest BCUT2D eigenvalue weighted by Gasteiger charge is -2.09. The van der Waals surface area contributed by atoms with Crippen molar-refractivity contribution in [1.82, 2.24) is 20.2 Å². The number of nitrogens with zero attached hydrogens (tertiary/aromatic N) is 4. The second-order valence-corrected chi connectivity index (χ2v) is 3.96. The molecule has 2 rings (SSSR count). The molecule has 0 spiro atoms.